The molecule has 0 bridgehead atoms. The van der Waals surface area contributed by atoms with Crippen LogP contribution in [0.15, 0.2) is 24.3 Å². The van der Waals surface area contributed by atoms with E-state index in [4.69, 9.17) is 4.74 Å². The van der Waals surface area contributed by atoms with E-state index in [1.165, 1.54) is 5.56 Å². The predicted molar refractivity (Wildman–Crippen MR) is 92.6 cm³/mol. The number of benzene rings is 1. The quantitative estimate of drug-likeness (QED) is 0.925. The number of nitrogens with zero attached hydrogens (tertiary/aromatic N) is 2. The van der Waals surface area contributed by atoms with Gasteiger partial charge in [0, 0.05) is 18.6 Å². The average molecular weight is 336 g/mol. The van der Waals surface area contributed by atoms with Crippen LogP contribution in [0, 0.1) is 17.2 Å². The average Bonchev–Trinajstić information content (AvgIpc) is 3.32. The summed E-state index contributed by atoms with van der Waals surface area (Å²) in [7, 11) is 0. The van der Waals surface area contributed by atoms with Crippen LogP contribution in [0.2, 0.25) is 0 Å². The van der Waals surface area contributed by atoms with E-state index in [1.807, 2.05) is 13.0 Å². The van der Waals surface area contributed by atoms with Crippen molar-refractivity contribution in [2.45, 2.75) is 37.5 Å². The lowest BCUT2D eigenvalue weighted by atomic mass is 9.90. The largest absolute Gasteiger partial charge is 0.478 e. The van der Waals surface area contributed by atoms with E-state index in [9.17, 15) is 15.2 Å². The molecule has 1 aromatic carbocycles. The Morgan fingerprint density at radius 3 is 2.68 bits per heavy atom. The molecular formula is C20H20N2O3. The van der Waals surface area contributed by atoms with E-state index in [-0.39, 0.29) is 11.5 Å². The van der Waals surface area contributed by atoms with Crippen molar-refractivity contribution in [1.29, 1.82) is 5.26 Å². The van der Waals surface area contributed by atoms with Crippen LogP contribution < -0.4 is 0 Å². The third-order valence-corrected chi connectivity index (χ3v) is 5.70. The molecule has 2 fully saturated rings. The molecule has 2 aromatic rings. The van der Waals surface area contributed by atoms with Crippen molar-refractivity contribution < 1.29 is 14.6 Å². The van der Waals surface area contributed by atoms with Crippen LogP contribution in [0.25, 0.3) is 10.9 Å². The van der Waals surface area contributed by atoms with E-state index in [0.29, 0.717) is 18.0 Å². The van der Waals surface area contributed by atoms with E-state index < -0.39 is 11.4 Å². The van der Waals surface area contributed by atoms with Crippen LogP contribution in [-0.2, 0) is 10.2 Å². The van der Waals surface area contributed by atoms with Gasteiger partial charge in [-0.3, -0.25) is 4.98 Å². The second-order valence-corrected chi connectivity index (χ2v) is 7.22. The van der Waals surface area contributed by atoms with E-state index in [0.717, 1.165) is 37.0 Å². The summed E-state index contributed by atoms with van der Waals surface area (Å²) in [5.74, 6) is -0.432. The van der Waals surface area contributed by atoms with E-state index >= 15 is 0 Å². The molecule has 2 heterocycles. The molecule has 1 N–H and O–H groups in total. The first-order chi connectivity index (χ1) is 12.0. The fourth-order valence-electron chi connectivity index (χ4n) is 3.93. The number of carbonyl (C=O) groups is 1. The molecule has 4 rings (SSSR count). The lowest BCUT2D eigenvalue weighted by Gasteiger charge is -2.22. The summed E-state index contributed by atoms with van der Waals surface area (Å²) >= 11 is 0. The topological polar surface area (TPSA) is 83.2 Å². The number of rotatable bonds is 3. The fourth-order valence-corrected chi connectivity index (χ4v) is 3.93. The summed E-state index contributed by atoms with van der Waals surface area (Å²) in [6.07, 6.45) is 2.65. The van der Waals surface area contributed by atoms with Gasteiger partial charge in [0.15, 0.2) is 0 Å². The Morgan fingerprint density at radius 1 is 1.36 bits per heavy atom. The molecule has 2 aliphatic rings. The zero-order valence-electron chi connectivity index (χ0n) is 14.2. The van der Waals surface area contributed by atoms with E-state index in [1.54, 1.807) is 6.07 Å². The Labute approximate surface area is 146 Å². The first kappa shape index (κ1) is 16.0. The highest BCUT2D eigenvalue weighted by Crippen LogP contribution is 2.54. The van der Waals surface area contributed by atoms with Gasteiger partial charge in [-0.15, -0.1) is 0 Å². The summed E-state index contributed by atoms with van der Waals surface area (Å²) in [4.78, 5) is 16.4. The first-order valence-corrected chi connectivity index (χ1v) is 8.72. The minimum Gasteiger partial charge on any atom is -0.478 e. The Kier molecular flexibility index (Phi) is 3.73. The van der Waals surface area contributed by atoms with Crippen molar-refractivity contribution in [2.75, 3.05) is 13.2 Å². The smallest absolute Gasteiger partial charge is 0.337 e. The van der Waals surface area contributed by atoms with Gasteiger partial charge < -0.3 is 9.84 Å². The minimum atomic E-state index is -1.02. The van der Waals surface area contributed by atoms with E-state index in [2.05, 4.69) is 23.2 Å². The summed E-state index contributed by atoms with van der Waals surface area (Å²) < 4.78 is 5.43. The molecule has 1 saturated carbocycles. The molecule has 1 aliphatic heterocycles. The van der Waals surface area contributed by atoms with Gasteiger partial charge in [0.1, 0.15) is 5.41 Å². The number of aromatic nitrogens is 1. The predicted octanol–water partition coefficient (Wildman–Crippen LogP) is 3.63. The van der Waals surface area contributed by atoms with Gasteiger partial charge in [0.2, 0.25) is 0 Å². The van der Waals surface area contributed by atoms with Gasteiger partial charge in [0.25, 0.3) is 0 Å². The maximum Gasteiger partial charge on any atom is 0.337 e. The molecule has 0 spiro atoms. The molecule has 2 atom stereocenters. The second kappa shape index (κ2) is 5.82. The lowest BCUT2D eigenvalue weighted by molar-refractivity contribution is 0.0694. The molecule has 0 radical (unpaired) electrons. The van der Waals surface area contributed by atoms with Gasteiger partial charge in [-0.1, -0.05) is 19.1 Å². The molecular weight excluding hydrogens is 316 g/mol. The van der Waals surface area contributed by atoms with Crippen LogP contribution in [-0.4, -0.2) is 29.3 Å². The second-order valence-electron chi connectivity index (χ2n) is 7.22. The van der Waals surface area contributed by atoms with Gasteiger partial charge in [0.05, 0.1) is 22.8 Å². The number of carboxylic acid groups (broad SMARTS) is 1. The number of carboxylic acids is 1. The number of hydrogen-bond acceptors (Lipinski definition) is 4. The number of aromatic carboxylic acids is 1. The van der Waals surface area contributed by atoms with Crippen LogP contribution >= 0.6 is 0 Å². The monoisotopic (exact) mass is 336 g/mol. The summed E-state index contributed by atoms with van der Waals surface area (Å²) in [5.41, 5.74) is 1.81. The van der Waals surface area contributed by atoms with Gasteiger partial charge in [-0.25, -0.2) is 4.79 Å². The SMILES string of the molecule is CC1C[C@]1(C#N)c1nc2cc(C3CCOCC3)ccc2cc1C(=O)O. The number of hydrogen-bond donors (Lipinski definition) is 1. The molecule has 128 valence electrons. The number of fused-ring (bicyclic) bond motifs is 1. The number of nitriles is 1. The van der Waals surface area contributed by atoms with Crippen molar-refractivity contribution in [2.24, 2.45) is 5.92 Å². The molecule has 1 saturated heterocycles. The Balaban J connectivity index is 1.84. The standard InChI is InChI=1S/C20H20N2O3/c1-12-10-20(12,11-21)18-16(19(23)24)8-15-3-2-14(9-17(15)22-18)13-4-6-25-7-5-13/h2-3,8-9,12-13H,4-7,10H2,1H3,(H,23,24)/t12?,20-/m1/s1. The lowest BCUT2D eigenvalue weighted by Crippen LogP contribution is -2.16. The van der Waals surface area contributed by atoms with Crippen molar-refractivity contribution in [1.82, 2.24) is 4.98 Å². The summed E-state index contributed by atoms with van der Waals surface area (Å²) in [6.45, 7) is 3.52. The summed E-state index contributed by atoms with van der Waals surface area (Å²) in [6, 6.07) is 10.0. The van der Waals surface area contributed by atoms with Crippen LogP contribution in [0.3, 0.4) is 0 Å². The number of ether oxygens (including phenoxy) is 1. The Morgan fingerprint density at radius 2 is 2.08 bits per heavy atom. The highest BCUT2D eigenvalue weighted by Gasteiger charge is 2.56. The molecule has 1 unspecified atom stereocenters. The number of pyridine rings is 1. The van der Waals surface area contributed by atoms with Gasteiger partial charge in [-0.05, 0) is 48.8 Å². The molecule has 25 heavy (non-hydrogen) atoms. The maximum absolute atomic E-state index is 11.7. The third-order valence-electron chi connectivity index (χ3n) is 5.70. The highest BCUT2D eigenvalue weighted by atomic mass is 16.5. The fraction of sp³-hybridized carbons (Fsp3) is 0.450. The van der Waals surface area contributed by atoms with Crippen molar-refractivity contribution in [3.05, 3.63) is 41.1 Å². The minimum absolute atomic E-state index is 0.138. The van der Waals surface area contributed by atoms with Crippen molar-refractivity contribution in [3.63, 3.8) is 0 Å². The third kappa shape index (κ3) is 2.58. The van der Waals surface area contributed by atoms with Crippen LogP contribution in [0.4, 0.5) is 0 Å². The molecule has 1 aromatic heterocycles. The zero-order chi connectivity index (χ0) is 17.6. The zero-order valence-corrected chi connectivity index (χ0v) is 14.2. The normalized spacial score (nSPS) is 26.3. The molecule has 0 amide bonds. The van der Waals surface area contributed by atoms with Crippen LogP contribution in [0.1, 0.15) is 53.7 Å². The first-order valence-electron chi connectivity index (χ1n) is 8.72. The molecule has 5 heteroatoms. The highest BCUT2D eigenvalue weighted by molar-refractivity contribution is 5.95. The van der Waals surface area contributed by atoms with Crippen molar-refractivity contribution in [3.8, 4) is 6.07 Å². The Hall–Kier alpha value is -2.45. The van der Waals surface area contributed by atoms with Crippen molar-refractivity contribution >= 4 is 16.9 Å². The summed E-state index contributed by atoms with van der Waals surface area (Å²) in [5, 5.41) is 20.0. The van der Waals surface area contributed by atoms with Gasteiger partial charge >= 0.3 is 5.97 Å². The maximum atomic E-state index is 11.7. The van der Waals surface area contributed by atoms with Crippen LogP contribution in [0.5, 0.6) is 0 Å². The Bertz CT molecular complexity index is 896. The van der Waals surface area contributed by atoms with Gasteiger partial charge in [-0.2, -0.15) is 5.26 Å². The molecule has 1 aliphatic carbocycles. The molecule has 5 nitrogen and oxygen atoms in total.